The van der Waals surface area contributed by atoms with Crippen molar-refractivity contribution in [2.75, 3.05) is 7.05 Å². The zero-order chi connectivity index (χ0) is 11.4. The molecule has 15 heavy (non-hydrogen) atoms. The predicted octanol–water partition coefficient (Wildman–Crippen LogP) is 0.351. The fourth-order valence-electron chi connectivity index (χ4n) is 1.23. The quantitative estimate of drug-likeness (QED) is 0.753. The summed E-state index contributed by atoms with van der Waals surface area (Å²) in [6.07, 6.45) is 3.39. The predicted molar refractivity (Wildman–Crippen MR) is 57.9 cm³/mol. The van der Waals surface area contributed by atoms with Crippen LogP contribution >= 0.6 is 0 Å². The SMILES string of the molecule is CC(C)[C@@H](N)C(=O)N(C)Cc1ncc[nH]1. The first kappa shape index (κ1) is 11.7. The first-order chi connectivity index (χ1) is 7.02. The van der Waals surface area contributed by atoms with E-state index in [0.717, 1.165) is 5.82 Å². The third kappa shape index (κ3) is 3.06. The van der Waals surface area contributed by atoms with Crippen LogP contribution in [0.4, 0.5) is 0 Å². The van der Waals surface area contributed by atoms with Crippen LogP contribution in [0.2, 0.25) is 0 Å². The smallest absolute Gasteiger partial charge is 0.239 e. The zero-order valence-electron chi connectivity index (χ0n) is 9.40. The molecule has 1 aromatic rings. The third-order valence-electron chi connectivity index (χ3n) is 2.32. The van der Waals surface area contributed by atoms with Crippen LogP contribution in [0.25, 0.3) is 0 Å². The van der Waals surface area contributed by atoms with Gasteiger partial charge in [0.15, 0.2) is 0 Å². The molecule has 5 nitrogen and oxygen atoms in total. The molecule has 1 amide bonds. The van der Waals surface area contributed by atoms with Crippen molar-refractivity contribution in [1.82, 2.24) is 14.9 Å². The summed E-state index contributed by atoms with van der Waals surface area (Å²) >= 11 is 0. The lowest BCUT2D eigenvalue weighted by Gasteiger charge is -2.22. The Morgan fingerprint density at radius 2 is 2.33 bits per heavy atom. The summed E-state index contributed by atoms with van der Waals surface area (Å²) in [5, 5.41) is 0. The van der Waals surface area contributed by atoms with Crippen molar-refractivity contribution in [3.05, 3.63) is 18.2 Å². The van der Waals surface area contributed by atoms with Gasteiger partial charge >= 0.3 is 0 Å². The van der Waals surface area contributed by atoms with Gasteiger partial charge in [-0.15, -0.1) is 0 Å². The normalized spacial score (nSPS) is 12.9. The van der Waals surface area contributed by atoms with Crippen molar-refractivity contribution in [3.8, 4) is 0 Å². The van der Waals surface area contributed by atoms with Gasteiger partial charge in [0.05, 0.1) is 12.6 Å². The van der Waals surface area contributed by atoms with Crippen molar-refractivity contribution in [3.63, 3.8) is 0 Å². The Morgan fingerprint density at radius 3 is 2.80 bits per heavy atom. The first-order valence-corrected chi connectivity index (χ1v) is 5.01. The van der Waals surface area contributed by atoms with E-state index in [1.165, 1.54) is 0 Å². The minimum Gasteiger partial charge on any atom is -0.347 e. The Kier molecular flexibility index (Phi) is 3.85. The van der Waals surface area contributed by atoms with Crippen LogP contribution in [0, 0.1) is 5.92 Å². The molecule has 0 aliphatic carbocycles. The minimum atomic E-state index is -0.440. The Labute approximate surface area is 89.7 Å². The van der Waals surface area contributed by atoms with Gasteiger partial charge in [0.25, 0.3) is 0 Å². The van der Waals surface area contributed by atoms with Crippen LogP contribution in [0.3, 0.4) is 0 Å². The molecule has 0 spiro atoms. The Bertz CT molecular complexity index is 307. The maximum Gasteiger partial charge on any atom is 0.239 e. The zero-order valence-corrected chi connectivity index (χ0v) is 9.40. The topological polar surface area (TPSA) is 75.0 Å². The molecule has 1 rings (SSSR count). The van der Waals surface area contributed by atoms with E-state index in [9.17, 15) is 4.79 Å². The number of nitrogens with two attached hydrogens (primary N) is 1. The number of nitrogens with zero attached hydrogens (tertiary/aromatic N) is 2. The van der Waals surface area contributed by atoms with E-state index >= 15 is 0 Å². The van der Waals surface area contributed by atoms with Gasteiger partial charge in [-0.05, 0) is 5.92 Å². The summed E-state index contributed by atoms with van der Waals surface area (Å²) in [4.78, 5) is 20.4. The second-order valence-electron chi connectivity index (χ2n) is 4.00. The van der Waals surface area contributed by atoms with Crippen molar-refractivity contribution >= 4 is 5.91 Å². The van der Waals surface area contributed by atoms with Crippen LogP contribution in [-0.4, -0.2) is 33.9 Å². The number of likely N-dealkylation sites (N-methyl/N-ethyl adjacent to an activating group) is 1. The van der Waals surface area contributed by atoms with E-state index in [4.69, 9.17) is 5.73 Å². The van der Waals surface area contributed by atoms with E-state index in [1.54, 1.807) is 24.3 Å². The number of hydrogen-bond donors (Lipinski definition) is 2. The minimum absolute atomic E-state index is 0.0543. The molecule has 5 heteroatoms. The summed E-state index contributed by atoms with van der Waals surface area (Å²) in [6.45, 7) is 4.33. The molecule has 0 aliphatic rings. The number of H-pyrrole nitrogens is 1. The molecule has 0 aromatic carbocycles. The highest BCUT2D eigenvalue weighted by molar-refractivity contribution is 5.81. The number of rotatable bonds is 4. The standard InChI is InChI=1S/C10H18N4O/c1-7(2)9(11)10(15)14(3)6-8-12-4-5-13-8/h4-5,7,9H,6,11H2,1-3H3,(H,12,13)/t9-/m1/s1. The number of imidazole rings is 1. The summed E-state index contributed by atoms with van der Waals surface area (Å²) in [7, 11) is 1.73. The van der Waals surface area contributed by atoms with Crippen LogP contribution in [0.15, 0.2) is 12.4 Å². The van der Waals surface area contributed by atoms with Gasteiger partial charge in [0, 0.05) is 19.4 Å². The van der Waals surface area contributed by atoms with Gasteiger partial charge in [-0.25, -0.2) is 4.98 Å². The summed E-state index contributed by atoms with van der Waals surface area (Å²) < 4.78 is 0. The largest absolute Gasteiger partial charge is 0.347 e. The molecular formula is C10H18N4O. The van der Waals surface area contributed by atoms with Gasteiger partial charge in [0.2, 0.25) is 5.91 Å². The Balaban J connectivity index is 2.54. The molecular weight excluding hydrogens is 192 g/mol. The molecule has 0 bridgehead atoms. The number of aromatic amines is 1. The van der Waals surface area contributed by atoms with Crippen molar-refractivity contribution in [2.24, 2.45) is 11.7 Å². The number of hydrogen-bond acceptors (Lipinski definition) is 3. The van der Waals surface area contributed by atoms with Gasteiger partial charge < -0.3 is 15.6 Å². The summed E-state index contributed by atoms with van der Waals surface area (Å²) in [5.41, 5.74) is 5.77. The molecule has 0 fully saturated rings. The number of carbonyl (C=O) groups is 1. The molecule has 1 atom stereocenters. The van der Waals surface area contributed by atoms with Crippen LogP contribution in [-0.2, 0) is 11.3 Å². The van der Waals surface area contributed by atoms with E-state index in [1.807, 2.05) is 13.8 Å². The van der Waals surface area contributed by atoms with E-state index in [0.29, 0.717) is 6.54 Å². The molecule has 0 radical (unpaired) electrons. The highest BCUT2D eigenvalue weighted by Crippen LogP contribution is 2.04. The van der Waals surface area contributed by atoms with Crippen molar-refractivity contribution < 1.29 is 4.79 Å². The molecule has 0 saturated carbocycles. The van der Waals surface area contributed by atoms with Gasteiger partial charge in [-0.2, -0.15) is 0 Å². The molecule has 0 unspecified atom stereocenters. The molecule has 1 heterocycles. The second-order valence-corrected chi connectivity index (χ2v) is 4.00. The number of nitrogens with one attached hydrogen (secondary N) is 1. The first-order valence-electron chi connectivity index (χ1n) is 5.01. The Hall–Kier alpha value is -1.36. The second kappa shape index (κ2) is 4.93. The number of amides is 1. The summed E-state index contributed by atoms with van der Waals surface area (Å²) in [6, 6.07) is -0.440. The summed E-state index contributed by atoms with van der Waals surface area (Å²) in [5.74, 6) is 0.861. The average Bonchev–Trinajstić information content (AvgIpc) is 2.67. The average molecular weight is 210 g/mol. The van der Waals surface area contributed by atoms with Crippen molar-refractivity contribution in [2.45, 2.75) is 26.4 Å². The molecule has 1 aromatic heterocycles. The molecule has 84 valence electrons. The van der Waals surface area contributed by atoms with Gasteiger partial charge in [0.1, 0.15) is 5.82 Å². The highest BCUT2D eigenvalue weighted by atomic mass is 16.2. The van der Waals surface area contributed by atoms with Crippen LogP contribution in [0.5, 0.6) is 0 Å². The number of aromatic nitrogens is 2. The van der Waals surface area contributed by atoms with E-state index < -0.39 is 6.04 Å². The van der Waals surface area contributed by atoms with Crippen LogP contribution < -0.4 is 5.73 Å². The maximum absolute atomic E-state index is 11.8. The maximum atomic E-state index is 11.8. The fraction of sp³-hybridized carbons (Fsp3) is 0.600. The lowest BCUT2D eigenvalue weighted by molar-refractivity contribution is -0.132. The highest BCUT2D eigenvalue weighted by Gasteiger charge is 2.21. The van der Waals surface area contributed by atoms with Crippen molar-refractivity contribution in [1.29, 1.82) is 0 Å². The fourth-order valence-corrected chi connectivity index (χ4v) is 1.23. The van der Waals surface area contributed by atoms with Gasteiger partial charge in [-0.3, -0.25) is 4.79 Å². The monoisotopic (exact) mass is 210 g/mol. The van der Waals surface area contributed by atoms with Gasteiger partial charge in [-0.1, -0.05) is 13.8 Å². The Morgan fingerprint density at radius 1 is 1.67 bits per heavy atom. The third-order valence-corrected chi connectivity index (χ3v) is 2.32. The molecule has 0 aliphatic heterocycles. The van der Waals surface area contributed by atoms with Crippen LogP contribution in [0.1, 0.15) is 19.7 Å². The lowest BCUT2D eigenvalue weighted by atomic mass is 10.0. The number of carbonyl (C=O) groups excluding carboxylic acids is 1. The molecule has 0 saturated heterocycles. The lowest BCUT2D eigenvalue weighted by Crippen LogP contribution is -2.44. The van der Waals surface area contributed by atoms with E-state index in [2.05, 4.69) is 9.97 Å². The molecule has 3 N–H and O–H groups in total. The van der Waals surface area contributed by atoms with E-state index in [-0.39, 0.29) is 11.8 Å².